The van der Waals surface area contributed by atoms with Crippen LogP contribution in [0.1, 0.15) is 57.9 Å². The smallest absolute Gasteiger partial charge is 0.169 e. The summed E-state index contributed by atoms with van der Waals surface area (Å²) in [5.74, 6) is 3.36. The SMILES string of the molecule is CCCOc1ccc(CN(CCC)C(=S)N[C@H]2C[C@H]3CC[C@@H]2C3)cc1OC. The predicted molar refractivity (Wildman–Crippen MR) is 114 cm³/mol. The average molecular weight is 391 g/mol. The van der Waals surface area contributed by atoms with Crippen LogP contribution in [0.4, 0.5) is 0 Å². The van der Waals surface area contributed by atoms with Crippen molar-refractivity contribution in [2.45, 2.75) is 65.0 Å². The number of nitrogens with one attached hydrogen (secondary N) is 1. The first-order chi connectivity index (χ1) is 13.1. The van der Waals surface area contributed by atoms with Gasteiger partial charge in [-0.2, -0.15) is 0 Å². The van der Waals surface area contributed by atoms with Crippen LogP contribution >= 0.6 is 12.2 Å². The normalized spacial score (nSPS) is 23.3. The first kappa shape index (κ1) is 20.2. The molecular weight excluding hydrogens is 356 g/mol. The van der Waals surface area contributed by atoms with Gasteiger partial charge in [-0.15, -0.1) is 0 Å². The topological polar surface area (TPSA) is 33.7 Å². The lowest BCUT2D eigenvalue weighted by molar-refractivity contribution is 0.293. The third-order valence-corrected chi connectivity index (χ3v) is 6.27. The maximum atomic E-state index is 5.80. The molecule has 2 saturated carbocycles. The van der Waals surface area contributed by atoms with E-state index >= 15 is 0 Å². The second kappa shape index (κ2) is 9.63. The zero-order valence-corrected chi connectivity index (χ0v) is 17.8. The highest BCUT2D eigenvalue weighted by atomic mass is 32.1. The van der Waals surface area contributed by atoms with Crippen molar-refractivity contribution in [3.8, 4) is 11.5 Å². The Morgan fingerprint density at radius 1 is 1.19 bits per heavy atom. The van der Waals surface area contributed by atoms with Gasteiger partial charge in [-0.05, 0) is 73.9 Å². The molecule has 4 nitrogen and oxygen atoms in total. The molecule has 1 N–H and O–H groups in total. The lowest BCUT2D eigenvalue weighted by Gasteiger charge is -2.31. The fraction of sp³-hybridized carbons (Fsp3) is 0.682. The van der Waals surface area contributed by atoms with Gasteiger partial charge < -0.3 is 19.7 Å². The summed E-state index contributed by atoms with van der Waals surface area (Å²) in [4.78, 5) is 2.29. The van der Waals surface area contributed by atoms with Crippen LogP contribution in [0.25, 0.3) is 0 Å². The van der Waals surface area contributed by atoms with Crippen molar-refractivity contribution in [3.05, 3.63) is 23.8 Å². The van der Waals surface area contributed by atoms with Gasteiger partial charge in [-0.1, -0.05) is 26.3 Å². The molecule has 5 heteroatoms. The molecule has 3 atom stereocenters. The highest BCUT2D eigenvalue weighted by Gasteiger charge is 2.40. The van der Waals surface area contributed by atoms with Crippen molar-refractivity contribution in [1.82, 2.24) is 10.2 Å². The third-order valence-electron chi connectivity index (χ3n) is 5.89. The van der Waals surface area contributed by atoms with Crippen molar-refractivity contribution in [2.75, 3.05) is 20.3 Å². The molecular formula is C22H34N2O2S. The second-order valence-electron chi connectivity index (χ2n) is 7.99. The number of ether oxygens (including phenoxy) is 2. The van der Waals surface area contributed by atoms with Crippen molar-refractivity contribution in [1.29, 1.82) is 0 Å². The molecule has 0 saturated heterocycles. The van der Waals surface area contributed by atoms with Crippen LogP contribution in [-0.4, -0.2) is 36.3 Å². The van der Waals surface area contributed by atoms with Crippen molar-refractivity contribution < 1.29 is 9.47 Å². The molecule has 2 fully saturated rings. The summed E-state index contributed by atoms with van der Waals surface area (Å²) in [6, 6.07) is 6.79. The summed E-state index contributed by atoms with van der Waals surface area (Å²) in [5.41, 5.74) is 1.20. The summed E-state index contributed by atoms with van der Waals surface area (Å²) >= 11 is 5.80. The van der Waals surface area contributed by atoms with E-state index in [0.29, 0.717) is 12.6 Å². The molecule has 2 bridgehead atoms. The Balaban J connectivity index is 1.63. The summed E-state index contributed by atoms with van der Waals surface area (Å²) in [6.45, 7) is 6.77. The highest BCUT2D eigenvalue weighted by molar-refractivity contribution is 7.80. The van der Waals surface area contributed by atoms with Crippen molar-refractivity contribution in [2.24, 2.45) is 11.8 Å². The summed E-state index contributed by atoms with van der Waals surface area (Å²) < 4.78 is 11.3. The molecule has 0 unspecified atom stereocenters. The number of benzene rings is 1. The van der Waals surface area contributed by atoms with Gasteiger partial charge in [0.25, 0.3) is 0 Å². The monoisotopic (exact) mass is 390 g/mol. The molecule has 0 radical (unpaired) electrons. The number of thiocarbonyl (C=S) groups is 1. The van der Waals surface area contributed by atoms with E-state index < -0.39 is 0 Å². The molecule has 3 rings (SSSR count). The molecule has 0 heterocycles. The van der Waals surface area contributed by atoms with Gasteiger partial charge in [0, 0.05) is 19.1 Å². The van der Waals surface area contributed by atoms with E-state index in [9.17, 15) is 0 Å². The average Bonchev–Trinajstić information content (AvgIpc) is 3.29. The van der Waals surface area contributed by atoms with Crippen LogP contribution in [0.3, 0.4) is 0 Å². The Kier molecular flexibility index (Phi) is 7.22. The Morgan fingerprint density at radius 3 is 2.67 bits per heavy atom. The third kappa shape index (κ3) is 5.07. The van der Waals surface area contributed by atoms with E-state index in [1.165, 1.54) is 31.2 Å². The Morgan fingerprint density at radius 2 is 2.04 bits per heavy atom. The number of fused-ring (bicyclic) bond motifs is 2. The van der Waals surface area contributed by atoms with Crippen LogP contribution in [0.15, 0.2) is 18.2 Å². The lowest BCUT2D eigenvalue weighted by atomic mass is 9.95. The molecule has 0 spiro atoms. The molecule has 0 aromatic heterocycles. The van der Waals surface area contributed by atoms with Crippen LogP contribution in [0, 0.1) is 11.8 Å². The van der Waals surface area contributed by atoms with E-state index in [-0.39, 0.29) is 0 Å². The van der Waals surface area contributed by atoms with E-state index in [0.717, 1.165) is 54.4 Å². The van der Waals surface area contributed by atoms with Crippen molar-refractivity contribution in [3.63, 3.8) is 0 Å². The fourth-order valence-electron chi connectivity index (χ4n) is 4.56. The largest absolute Gasteiger partial charge is 0.493 e. The molecule has 1 aromatic rings. The number of methoxy groups -OCH3 is 1. The van der Waals surface area contributed by atoms with Gasteiger partial charge in [-0.3, -0.25) is 0 Å². The van der Waals surface area contributed by atoms with Gasteiger partial charge in [0.1, 0.15) is 0 Å². The quantitative estimate of drug-likeness (QED) is 0.615. The minimum absolute atomic E-state index is 0.579. The molecule has 0 aliphatic heterocycles. The summed E-state index contributed by atoms with van der Waals surface area (Å²) in [6.07, 6.45) is 7.54. The van der Waals surface area contributed by atoms with E-state index in [1.54, 1.807) is 7.11 Å². The summed E-state index contributed by atoms with van der Waals surface area (Å²) in [7, 11) is 1.70. The van der Waals surface area contributed by atoms with Gasteiger partial charge in [0.05, 0.1) is 13.7 Å². The number of hydrogen-bond donors (Lipinski definition) is 1. The molecule has 1 aromatic carbocycles. The zero-order chi connectivity index (χ0) is 19.2. The summed E-state index contributed by atoms with van der Waals surface area (Å²) in [5, 5.41) is 4.59. The number of hydrogen-bond acceptors (Lipinski definition) is 3. The minimum Gasteiger partial charge on any atom is -0.493 e. The fourth-order valence-corrected chi connectivity index (χ4v) is 4.86. The van der Waals surface area contributed by atoms with Gasteiger partial charge in [0.2, 0.25) is 0 Å². The van der Waals surface area contributed by atoms with Crippen molar-refractivity contribution >= 4 is 17.3 Å². The zero-order valence-electron chi connectivity index (χ0n) is 17.0. The number of nitrogens with zero attached hydrogens (tertiary/aromatic N) is 1. The molecule has 0 amide bonds. The van der Waals surface area contributed by atoms with Crippen LogP contribution in [0.2, 0.25) is 0 Å². The van der Waals surface area contributed by atoms with Crippen LogP contribution in [-0.2, 0) is 6.54 Å². The van der Waals surface area contributed by atoms with E-state index in [1.807, 2.05) is 6.07 Å². The van der Waals surface area contributed by atoms with Crippen LogP contribution in [0.5, 0.6) is 11.5 Å². The predicted octanol–water partition coefficient (Wildman–Crippen LogP) is 4.76. The first-order valence-corrected chi connectivity index (χ1v) is 10.9. The molecule has 2 aliphatic rings. The molecule has 150 valence electrons. The minimum atomic E-state index is 0.579. The standard InChI is InChI=1S/C22H34N2O2S/c1-4-10-24(22(27)23-19-13-16-6-8-18(19)12-16)15-17-7-9-20(26-11-5-2)21(14-17)25-3/h7,9,14,16,18-19H,4-6,8,10-13,15H2,1-3H3,(H,23,27)/t16-,18+,19-/m0/s1. The maximum absolute atomic E-state index is 5.80. The lowest BCUT2D eigenvalue weighted by Crippen LogP contribution is -2.46. The Labute approximate surface area is 169 Å². The second-order valence-corrected chi connectivity index (χ2v) is 8.37. The van der Waals surface area contributed by atoms with E-state index in [4.69, 9.17) is 21.7 Å². The number of rotatable bonds is 9. The van der Waals surface area contributed by atoms with Crippen LogP contribution < -0.4 is 14.8 Å². The maximum Gasteiger partial charge on any atom is 0.169 e. The van der Waals surface area contributed by atoms with Gasteiger partial charge in [-0.25, -0.2) is 0 Å². The first-order valence-electron chi connectivity index (χ1n) is 10.5. The Bertz CT molecular complexity index is 637. The Hall–Kier alpha value is -1.49. The molecule has 2 aliphatic carbocycles. The van der Waals surface area contributed by atoms with Gasteiger partial charge in [0.15, 0.2) is 16.6 Å². The molecule has 27 heavy (non-hydrogen) atoms. The van der Waals surface area contributed by atoms with Gasteiger partial charge >= 0.3 is 0 Å². The highest BCUT2D eigenvalue weighted by Crippen LogP contribution is 2.44. The van der Waals surface area contributed by atoms with E-state index in [2.05, 4.69) is 36.2 Å².